The maximum atomic E-state index is 12.5. The molecule has 170 valence electrons. The second kappa shape index (κ2) is 11.3. The van der Waals surface area contributed by atoms with E-state index in [1.54, 1.807) is 0 Å². The van der Waals surface area contributed by atoms with Crippen LogP contribution < -0.4 is 5.32 Å². The van der Waals surface area contributed by atoms with Crippen LogP contribution in [-0.4, -0.2) is 27.8 Å². The van der Waals surface area contributed by atoms with Gasteiger partial charge in [-0.1, -0.05) is 62.9 Å². The predicted octanol–water partition coefficient (Wildman–Crippen LogP) is 5.67. The molecule has 0 radical (unpaired) electrons. The van der Waals surface area contributed by atoms with Crippen molar-refractivity contribution in [3.8, 4) is 0 Å². The van der Waals surface area contributed by atoms with Crippen molar-refractivity contribution < 1.29 is 14.1 Å². The minimum Gasteiger partial charge on any atom is -0.460 e. The Hall–Kier alpha value is -1.43. The van der Waals surface area contributed by atoms with Crippen LogP contribution in [0.15, 0.2) is 4.52 Å². The normalized spacial score (nSPS) is 19.8. The molecule has 2 saturated carbocycles. The van der Waals surface area contributed by atoms with Gasteiger partial charge < -0.3 is 14.6 Å². The van der Waals surface area contributed by atoms with Gasteiger partial charge in [0.25, 0.3) is 0 Å². The van der Waals surface area contributed by atoms with Gasteiger partial charge in [0.05, 0.1) is 13.0 Å². The van der Waals surface area contributed by atoms with Gasteiger partial charge in [0, 0.05) is 12.0 Å². The van der Waals surface area contributed by atoms with Gasteiger partial charge in [0.1, 0.15) is 5.60 Å². The third kappa shape index (κ3) is 8.01. The quantitative estimate of drug-likeness (QED) is 0.493. The van der Waals surface area contributed by atoms with E-state index in [2.05, 4.69) is 15.5 Å². The van der Waals surface area contributed by atoms with Gasteiger partial charge >= 0.3 is 5.97 Å². The van der Waals surface area contributed by atoms with Crippen molar-refractivity contribution in [1.82, 2.24) is 15.5 Å². The second-order valence-corrected chi connectivity index (χ2v) is 10.3. The van der Waals surface area contributed by atoms with Crippen LogP contribution in [0.25, 0.3) is 0 Å². The van der Waals surface area contributed by atoms with Gasteiger partial charge in [0.2, 0.25) is 5.89 Å². The first-order chi connectivity index (χ1) is 14.4. The molecule has 30 heavy (non-hydrogen) atoms. The summed E-state index contributed by atoms with van der Waals surface area (Å²) in [4.78, 5) is 17.1. The number of esters is 1. The van der Waals surface area contributed by atoms with Crippen molar-refractivity contribution in [2.24, 2.45) is 5.92 Å². The minimum atomic E-state index is -0.477. The SMILES string of the molecule is CC(C)(C)OC(=O)C[C@@H](CCCC1CCCCC1)c1nc(CNC2CCCC2)no1. The van der Waals surface area contributed by atoms with Gasteiger partial charge in [-0.05, 0) is 46.0 Å². The molecule has 2 aliphatic rings. The summed E-state index contributed by atoms with van der Waals surface area (Å²) < 4.78 is 11.2. The zero-order valence-electron chi connectivity index (χ0n) is 19.3. The number of carbonyl (C=O) groups is 1. The summed E-state index contributed by atoms with van der Waals surface area (Å²) in [7, 11) is 0. The number of carbonyl (C=O) groups excluding carboxylic acids is 1. The average Bonchev–Trinajstić information content (AvgIpc) is 3.37. The number of ether oxygens (including phenoxy) is 1. The molecule has 1 aromatic heterocycles. The largest absolute Gasteiger partial charge is 0.460 e. The van der Waals surface area contributed by atoms with Crippen LogP contribution in [0.2, 0.25) is 0 Å². The maximum absolute atomic E-state index is 12.5. The van der Waals surface area contributed by atoms with Crippen LogP contribution in [0.1, 0.15) is 122 Å². The molecule has 6 nitrogen and oxygen atoms in total. The molecule has 1 atom stereocenters. The third-order valence-corrected chi connectivity index (χ3v) is 6.46. The third-order valence-electron chi connectivity index (χ3n) is 6.46. The minimum absolute atomic E-state index is 0.0591. The number of hydrogen-bond acceptors (Lipinski definition) is 6. The molecular weight excluding hydrogens is 378 g/mol. The van der Waals surface area contributed by atoms with E-state index < -0.39 is 5.60 Å². The van der Waals surface area contributed by atoms with Crippen LogP contribution in [-0.2, 0) is 16.1 Å². The van der Waals surface area contributed by atoms with Crippen molar-refractivity contribution >= 4 is 5.97 Å². The Morgan fingerprint density at radius 2 is 1.83 bits per heavy atom. The molecule has 2 aliphatic carbocycles. The Labute approximate surface area is 181 Å². The standard InChI is InChI=1S/C24H41N3O3/c1-24(2,3)29-22(28)16-19(13-9-12-18-10-5-4-6-11-18)23-26-21(27-30-23)17-25-20-14-7-8-15-20/h18-20,25H,4-17H2,1-3H3/t19-/m1/s1. The van der Waals surface area contributed by atoms with Crippen LogP contribution >= 0.6 is 0 Å². The number of aromatic nitrogens is 2. The molecular formula is C24H41N3O3. The monoisotopic (exact) mass is 419 g/mol. The van der Waals surface area contributed by atoms with E-state index in [4.69, 9.17) is 9.26 Å². The first kappa shape index (κ1) is 23.2. The number of nitrogens with one attached hydrogen (secondary N) is 1. The van der Waals surface area contributed by atoms with Crippen molar-refractivity contribution in [2.75, 3.05) is 0 Å². The van der Waals surface area contributed by atoms with E-state index in [0.717, 1.165) is 18.8 Å². The number of hydrogen-bond donors (Lipinski definition) is 1. The fourth-order valence-corrected chi connectivity index (χ4v) is 4.90. The van der Waals surface area contributed by atoms with E-state index in [9.17, 15) is 4.79 Å². The van der Waals surface area contributed by atoms with Crippen molar-refractivity contribution in [3.05, 3.63) is 11.7 Å². The maximum Gasteiger partial charge on any atom is 0.307 e. The fraction of sp³-hybridized carbons (Fsp3) is 0.875. The molecule has 0 amide bonds. The van der Waals surface area contributed by atoms with Gasteiger partial charge in [0.15, 0.2) is 5.82 Å². The smallest absolute Gasteiger partial charge is 0.307 e. The fourth-order valence-electron chi connectivity index (χ4n) is 4.90. The summed E-state index contributed by atoms with van der Waals surface area (Å²) in [5.41, 5.74) is -0.477. The summed E-state index contributed by atoms with van der Waals surface area (Å²) in [5.74, 6) is 1.88. The number of rotatable bonds is 10. The van der Waals surface area contributed by atoms with Crippen LogP contribution in [0.4, 0.5) is 0 Å². The van der Waals surface area contributed by atoms with E-state index in [1.165, 1.54) is 64.2 Å². The van der Waals surface area contributed by atoms with Gasteiger partial charge in [-0.15, -0.1) is 0 Å². The van der Waals surface area contributed by atoms with Crippen LogP contribution in [0.3, 0.4) is 0 Å². The lowest BCUT2D eigenvalue weighted by molar-refractivity contribution is -0.155. The molecule has 0 spiro atoms. The van der Waals surface area contributed by atoms with Crippen molar-refractivity contribution in [1.29, 1.82) is 0 Å². The predicted molar refractivity (Wildman–Crippen MR) is 117 cm³/mol. The molecule has 1 heterocycles. The Balaban J connectivity index is 1.55. The highest BCUT2D eigenvalue weighted by molar-refractivity contribution is 5.70. The Bertz CT molecular complexity index is 640. The van der Waals surface area contributed by atoms with E-state index in [-0.39, 0.29) is 11.9 Å². The molecule has 6 heteroatoms. The van der Waals surface area contributed by atoms with Crippen molar-refractivity contribution in [2.45, 2.75) is 128 Å². The highest BCUT2D eigenvalue weighted by Gasteiger charge is 2.26. The lowest BCUT2D eigenvalue weighted by Gasteiger charge is -2.23. The summed E-state index contributed by atoms with van der Waals surface area (Å²) in [5, 5.41) is 7.71. The Kier molecular flexibility index (Phi) is 8.72. The average molecular weight is 420 g/mol. The van der Waals surface area contributed by atoms with E-state index in [1.807, 2.05) is 20.8 Å². The molecule has 0 saturated heterocycles. The molecule has 1 aromatic rings. The Morgan fingerprint density at radius 3 is 2.53 bits per heavy atom. The molecule has 0 aromatic carbocycles. The summed E-state index contributed by atoms with van der Waals surface area (Å²) in [6.45, 7) is 6.35. The van der Waals surface area contributed by atoms with Crippen LogP contribution in [0.5, 0.6) is 0 Å². The van der Waals surface area contributed by atoms with Crippen LogP contribution in [0, 0.1) is 5.92 Å². The highest BCUT2D eigenvalue weighted by atomic mass is 16.6. The van der Waals surface area contributed by atoms with Crippen molar-refractivity contribution in [3.63, 3.8) is 0 Å². The van der Waals surface area contributed by atoms with Gasteiger partial charge in [-0.2, -0.15) is 4.98 Å². The topological polar surface area (TPSA) is 77.2 Å². The molecule has 2 fully saturated rings. The molecule has 1 N–H and O–H groups in total. The molecule has 3 rings (SSSR count). The summed E-state index contributed by atoms with van der Waals surface area (Å²) in [6, 6.07) is 0.569. The molecule has 0 unspecified atom stereocenters. The summed E-state index contributed by atoms with van der Waals surface area (Å²) >= 11 is 0. The lowest BCUT2D eigenvalue weighted by Crippen LogP contribution is -2.26. The zero-order valence-corrected chi connectivity index (χ0v) is 19.3. The number of nitrogens with zero attached hydrogens (tertiary/aromatic N) is 2. The second-order valence-electron chi connectivity index (χ2n) is 10.3. The lowest BCUT2D eigenvalue weighted by atomic mass is 9.84. The highest BCUT2D eigenvalue weighted by Crippen LogP contribution is 2.31. The van der Waals surface area contributed by atoms with Gasteiger partial charge in [-0.3, -0.25) is 4.79 Å². The zero-order chi connectivity index (χ0) is 21.4. The first-order valence-corrected chi connectivity index (χ1v) is 12.2. The first-order valence-electron chi connectivity index (χ1n) is 12.2. The summed E-state index contributed by atoms with van der Waals surface area (Å²) in [6.07, 6.45) is 15.4. The molecule has 0 bridgehead atoms. The van der Waals surface area contributed by atoms with Gasteiger partial charge in [-0.25, -0.2) is 0 Å². The Morgan fingerprint density at radius 1 is 1.13 bits per heavy atom. The van der Waals surface area contributed by atoms with E-state index >= 15 is 0 Å². The van der Waals surface area contributed by atoms with E-state index in [0.29, 0.717) is 30.7 Å². The molecule has 0 aliphatic heterocycles.